The number of carboxylic acid groups (broad SMARTS) is 1. The minimum absolute atomic E-state index is 0.0140. The first-order valence-electron chi connectivity index (χ1n) is 6.69. The molecule has 6 nitrogen and oxygen atoms in total. The largest absolute Gasteiger partial charge is 0.477 e. The van der Waals surface area contributed by atoms with Crippen molar-refractivity contribution in [2.24, 2.45) is 0 Å². The summed E-state index contributed by atoms with van der Waals surface area (Å²) in [6.07, 6.45) is 3.77. The number of rotatable bonds is 7. The summed E-state index contributed by atoms with van der Waals surface area (Å²) in [5, 5.41) is 19.3. The van der Waals surface area contributed by atoms with Gasteiger partial charge in [-0.1, -0.05) is 42.1 Å². The van der Waals surface area contributed by atoms with Gasteiger partial charge in [-0.15, -0.1) is 0 Å². The lowest BCUT2D eigenvalue weighted by molar-refractivity contribution is 0.0696. The number of anilines is 1. The first-order chi connectivity index (χ1) is 10.7. The van der Waals surface area contributed by atoms with E-state index in [4.69, 9.17) is 0 Å². The van der Waals surface area contributed by atoms with Gasteiger partial charge in [-0.2, -0.15) is 0 Å². The second-order valence-corrected chi connectivity index (χ2v) is 5.31. The molecular weight excluding hydrogens is 302 g/mol. The van der Waals surface area contributed by atoms with E-state index in [-0.39, 0.29) is 18.1 Å². The summed E-state index contributed by atoms with van der Waals surface area (Å²) in [7, 11) is 0. The number of benzene rings is 1. The molecule has 2 aromatic rings. The quantitative estimate of drug-likeness (QED) is 0.458. The fourth-order valence-corrected chi connectivity index (χ4v) is 2.34. The van der Waals surface area contributed by atoms with Crippen molar-refractivity contribution in [3.8, 4) is 0 Å². The molecule has 0 radical (unpaired) electrons. The molecule has 0 aliphatic heterocycles. The molecule has 0 amide bonds. The van der Waals surface area contributed by atoms with E-state index in [0.717, 1.165) is 5.56 Å². The highest BCUT2D eigenvalue weighted by Crippen LogP contribution is 2.21. The van der Waals surface area contributed by atoms with E-state index < -0.39 is 5.97 Å². The second kappa shape index (κ2) is 7.77. The number of carboxylic acids is 1. The van der Waals surface area contributed by atoms with Gasteiger partial charge in [-0.3, -0.25) is 0 Å². The highest BCUT2D eigenvalue weighted by molar-refractivity contribution is 7.98. The highest BCUT2D eigenvalue weighted by atomic mass is 32.2. The van der Waals surface area contributed by atoms with E-state index >= 15 is 0 Å². The van der Waals surface area contributed by atoms with E-state index in [1.165, 1.54) is 22.9 Å². The van der Waals surface area contributed by atoms with Crippen molar-refractivity contribution in [2.45, 2.75) is 11.6 Å². The van der Waals surface area contributed by atoms with E-state index in [1.54, 1.807) is 0 Å². The number of hydrogen-bond donors (Lipinski definition) is 2. The maximum atomic E-state index is 11.3. The van der Waals surface area contributed by atoms with Gasteiger partial charge < -0.3 is 15.1 Å². The van der Waals surface area contributed by atoms with Crippen LogP contribution in [-0.4, -0.2) is 45.7 Å². The molecule has 0 spiro atoms. The first kappa shape index (κ1) is 16.3. The Bertz CT molecular complexity index is 637. The SMILES string of the molecule is CSc1ncc(C(=O)O)c(N(CO)CCc2ccccc2)n1. The van der Waals surface area contributed by atoms with E-state index in [1.807, 2.05) is 36.6 Å². The van der Waals surface area contributed by atoms with Gasteiger partial charge in [0.05, 0.1) is 0 Å². The summed E-state index contributed by atoms with van der Waals surface area (Å²) in [5.74, 6) is -0.869. The summed E-state index contributed by atoms with van der Waals surface area (Å²) in [5.41, 5.74) is 1.09. The van der Waals surface area contributed by atoms with Crippen LogP contribution in [0.25, 0.3) is 0 Å². The maximum absolute atomic E-state index is 11.3. The molecule has 1 aromatic heterocycles. The normalized spacial score (nSPS) is 10.5. The Hall–Kier alpha value is -2.12. The van der Waals surface area contributed by atoms with Crippen LogP contribution in [0.2, 0.25) is 0 Å². The Labute approximate surface area is 132 Å². The van der Waals surface area contributed by atoms with Crippen LogP contribution in [0.1, 0.15) is 15.9 Å². The van der Waals surface area contributed by atoms with E-state index in [2.05, 4.69) is 9.97 Å². The van der Waals surface area contributed by atoms with Crippen molar-refractivity contribution >= 4 is 23.5 Å². The minimum atomic E-state index is -1.11. The number of aromatic nitrogens is 2. The average molecular weight is 319 g/mol. The molecule has 0 saturated heterocycles. The van der Waals surface area contributed by atoms with Gasteiger partial charge in [0, 0.05) is 12.7 Å². The fraction of sp³-hybridized carbons (Fsp3) is 0.267. The molecule has 0 saturated carbocycles. The lowest BCUT2D eigenvalue weighted by atomic mass is 10.1. The third-order valence-corrected chi connectivity index (χ3v) is 3.70. The van der Waals surface area contributed by atoms with E-state index in [0.29, 0.717) is 18.1 Å². The van der Waals surface area contributed by atoms with Crippen molar-refractivity contribution in [1.29, 1.82) is 0 Å². The van der Waals surface area contributed by atoms with Gasteiger partial charge in [0.1, 0.15) is 18.1 Å². The summed E-state index contributed by atoms with van der Waals surface area (Å²) < 4.78 is 0. The monoisotopic (exact) mass is 319 g/mol. The second-order valence-electron chi connectivity index (χ2n) is 4.54. The molecule has 0 aliphatic rings. The molecule has 0 bridgehead atoms. The zero-order valence-corrected chi connectivity index (χ0v) is 13.0. The van der Waals surface area contributed by atoms with Crippen LogP contribution >= 0.6 is 11.8 Å². The molecule has 0 unspecified atom stereocenters. The molecule has 1 heterocycles. The Morgan fingerprint density at radius 1 is 1.32 bits per heavy atom. The topological polar surface area (TPSA) is 86.5 Å². The molecule has 22 heavy (non-hydrogen) atoms. The third-order valence-electron chi connectivity index (χ3n) is 3.14. The van der Waals surface area contributed by atoms with Gasteiger partial charge in [0.2, 0.25) is 0 Å². The minimum Gasteiger partial charge on any atom is -0.477 e. The molecule has 2 rings (SSSR count). The molecule has 2 N–H and O–H groups in total. The van der Waals surface area contributed by atoms with Crippen LogP contribution in [0.15, 0.2) is 41.7 Å². The van der Waals surface area contributed by atoms with Crippen LogP contribution in [0.4, 0.5) is 5.82 Å². The number of aliphatic hydroxyl groups excluding tert-OH is 1. The van der Waals surface area contributed by atoms with Crippen molar-refractivity contribution in [3.05, 3.63) is 47.7 Å². The van der Waals surface area contributed by atoms with Crippen molar-refractivity contribution < 1.29 is 15.0 Å². The summed E-state index contributed by atoms with van der Waals surface area (Å²) >= 11 is 1.32. The molecule has 0 aliphatic carbocycles. The lowest BCUT2D eigenvalue weighted by Crippen LogP contribution is -2.29. The number of nitrogens with zero attached hydrogens (tertiary/aromatic N) is 3. The standard InChI is InChI=1S/C15H17N3O3S/c1-22-15-16-9-12(14(20)21)13(17-15)18(10-19)8-7-11-5-3-2-4-6-11/h2-6,9,19H,7-8,10H2,1H3,(H,20,21). The Morgan fingerprint density at radius 2 is 2.05 bits per heavy atom. The predicted octanol–water partition coefficient (Wildman–Crippen LogP) is 1.90. The zero-order chi connectivity index (χ0) is 15.9. The first-order valence-corrected chi connectivity index (χ1v) is 7.92. The van der Waals surface area contributed by atoms with Gasteiger partial charge in [-0.25, -0.2) is 14.8 Å². The average Bonchev–Trinajstić information content (AvgIpc) is 2.56. The molecule has 0 fully saturated rings. The molecule has 7 heteroatoms. The Balaban J connectivity index is 2.23. The lowest BCUT2D eigenvalue weighted by Gasteiger charge is -2.22. The molecular formula is C15H17N3O3S. The Morgan fingerprint density at radius 3 is 2.64 bits per heavy atom. The van der Waals surface area contributed by atoms with Gasteiger partial charge >= 0.3 is 5.97 Å². The van der Waals surface area contributed by atoms with Crippen LogP contribution in [0.3, 0.4) is 0 Å². The van der Waals surface area contributed by atoms with E-state index in [9.17, 15) is 15.0 Å². The summed E-state index contributed by atoms with van der Waals surface area (Å²) in [4.78, 5) is 21.1. The van der Waals surface area contributed by atoms with Crippen LogP contribution in [-0.2, 0) is 6.42 Å². The molecule has 116 valence electrons. The summed E-state index contributed by atoms with van der Waals surface area (Å²) in [6.45, 7) is 0.156. The van der Waals surface area contributed by atoms with Gasteiger partial charge in [0.15, 0.2) is 5.16 Å². The zero-order valence-electron chi connectivity index (χ0n) is 12.1. The number of hydrogen-bond acceptors (Lipinski definition) is 6. The number of carbonyl (C=O) groups is 1. The van der Waals surface area contributed by atoms with Crippen molar-refractivity contribution in [2.75, 3.05) is 24.4 Å². The van der Waals surface area contributed by atoms with Crippen LogP contribution in [0.5, 0.6) is 0 Å². The van der Waals surface area contributed by atoms with Crippen LogP contribution < -0.4 is 4.90 Å². The maximum Gasteiger partial charge on any atom is 0.341 e. The van der Waals surface area contributed by atoms with Crippen molar-refractivity contribution in [1.82, 2.24) is 9.97 Å². The highest BCUT2D eigenvalue weighted by Gasteiger charge is 2.19. The van der Waals surface area contributed by atoms with Crippen molar-refractivity contribution in [3.63, 3.8) is 0 Å². The molecule has 1 aromatic carbocycles. The predicted molar refractivity (Wildman–Crippen MR) is 85.4 cm³/mol. The fourth-order valence-electron chi connectivity index (χ4n) is 2.00. The molecule has 0 atom stereocenters. The Kier molecular flexibility index (Phi) is 5.74. The number of aromatic carboxylic acids is 1. The summed E-state index contributed by atoms with van der Waals surface area (Å²) in [6, 6.07) is 9.79. The van der Waals surface area contributed by atoms with Gasteiger partial charge in [0.25, 0.3) is 0 Å². The number of thioether (sulfide) groups is 1. The van der Waals surface area contributed by atoms with Gasteiger partial charge in [-0.05, 0) is 18.2 Å². The smallest absolute Gasteiger partial charge is 0.341 e. The third kappa shape index (κ3) is 3.96. The number of aliphatic hydroxyl groups is 1. The van der Waals surface area contributed by atoms with Crippen LogP contribution in [0, 0.1) is 0 Å².